The van der Waals surface area contributed by atoms with Crippen molar-refractivity contribution < 1.29 is 4.74 Å². The smallest absolute Gasteiger partial charge is 0.146 e. The second-order valence-electron chi connectivity index (χ2n) is 16.5. The third-order valence-corrected chi connectivity index (χ3v) is 10.7. The number of ether oxygens (including phenoxy) is 1. The van der Waals surface area contributed by atoms with Gasteiger partial charge in [-0.15, -0.1) is 0 Å². The average Bonchev–Trinajstić information content (AvgIpc) is 3.74. The number of fused-ring (bicyclic) bond motifs is 4. The summed E-state index contributed by atoms with van der Waals surface area (Å²) in [5.74, 6) is 2.35. The lowest BCUT2D eigenvalue weighted by Crippen LogP contribution is -2.25. The van der Waals surface area contributed by atoms with Crippen molar-refractivity contribution >= 4 is 44.7 Å². The maximum absolute atomic E-state index is 6.69. The lowest BCUT2D eigenvalue weighted by molar-refractivity contribution is 0.483. The zero-order valence-corrected chi connectivity index (χ0v) is 32.3. The Labute approximate surface area is 323 Å². The maximum atomic E-state index is 6.69. The lowest BCUT2D eigenvalue weighted by Gasteiger charge is -2.27. The number of anilines is 4. The molecule has 3 aromatic heterocycles. The van der Waals surface area contributed by atoms with E-state index in [2.05, 4.69) is 177 Å². The van der Waals surface area contributed by atoms with E-state index in [4.69, 9.17) is 14.7 Å². The van der Waals surface area contributed by atoms with Crippen LogP contribution < -0.4 is 14.5 Å². The van der Waals surface area contributed by atoms with E-state index >= 15 is 0 Å². The molecule has 0 unspecified atom stereocenters. The Kier molecular flexibility index (Phi) is 8.23. The van der Waals surface area contributed by atoms with Crippen molar-refractivity contribution in [3.05, 3.63) is 163 Å². The van der Waals surface area contributed by atoms with E-state index in [1.54, 1.807) is 0 Å². The Morgan fingerprint density at radius 3 is 2.04 bits per heavy atom. The van der Waals surface area contributed by atoms with Crippen molar-refractivity contribution in [3.8, 4) is 28.4 Å². The van der Waals surface area contributed by atoms with E-state index in [0.29, 0.717) is 6.67 Å². The normalized spacial score (nSPS) is 13.1. The molecule has 9 rings (SSSR count). The Bertz CT molecular complexity index is 2700. The van der Waals surface area contributed by atoms with Crippen LogP contribution in [-0.4, -0.2) is 21.2 Å². The highest BCUT2D eigenvalue weighted by Gasteiger charge is 2.30. The molecule has 0 spiro atoms. The minimum atomic E-state index is -0.0172. The first kappa shape index (κ1) is 34.4. The van der Waals surface area contributed by atoms with Crippen LogP contribution in [0.25, 0.3) is 38.9 Å². The van der Waals surface area contributed by atoms with E-state index < -0.39 is 0 Å². The topological polar surface area (TPSA) is 46.4 Å². The number of benzene rings is 5. The minimum absolute atomic E-state index is 0.00936. The SMILES string of the molecule is CC(C)(C)c1ccnc(-n2c3cc(Oc4cccc(N5CN(c6cc(C(C)(C)C)ccc6-c6ccccc6)c6ccccc65)c4)ccc3c3cccnc32)c1. The molecule has 8 aromatic rings. The van der Waals surface area contributed by atoms with Crippen LogP contribution in [0, 0.1) is 0 Å². The summed E-state index contributed by atoms with van der Waals surface area (Å²) in [6.07, 6.45) is 3.74. The second-order valence-corrected chi connectivity index (χ2v) is 16.5. The van der Waals surface area contributed by atoms with Crippen LogP contribution in [0.3, 0.4) is 0 Å². The van der Waals surface area contributed by atoms with Crippen LogP contribution >= 0.6 is 0 Å². The second kappa shape index (κ2) is 13.2. The van der Waals surface area contributed by atoms with Crippen LogP contribution in [0.15, 0.2) is 152 Å². The van der Waals surface area contributed by atoms with Crippen molar-refractivity contribution in [3.63, 3.8) is 0 Å². The third kappa shape index (κ3) is 6.27. The quantitative estimate of drug-likeness (QED) is 0.171. The molecule has 0 aliphatic carbocycles. The third-order valence-electron chi connectivity index (χ3n) is 10.7. The van der Waals surface area contributed by atoms with Crippen molar-refractivity contribution in [2.24, 2.45) is 0 Å². The first-order chi connectivity index (χ1) is 26.5. The maximum Gasteiger partial charge on any atom is 0.146 e. The fraction of sp³-hybridized carbons (Fsp3) is 0.184. The van der Waals surface area contributed by atoms with Gasteiger partial charge in [0, 0.05) is 46.5 Å². The minimum Gasteiger partial charge on any atom is -0.457 e. The van der Waals surface area contributed by atoms with Crippen molar-refractivity contribution in [2.75, 3.05) is 16.5 Å². The van der Waals surface area contributed by atoms with Gasteiger partial charge in [-0.2, -0.15) is 0 Å². The zero-order valence-electron chi connectivity index (χ0n) is 32.3. The van der Waals surface area contributed by atoms with E-state index in [1.807, 2.05) is 30.6 Å². The van der Waals surface area contributed by atoms with Gasteiger partial charge in [0.15, 0.2) is 0 Å². The van der Waals surface area contributed by atoms with E-state index in [0.717, 1.165) is 50.6 Å². The first-order valence-electron chi connectivity index (χ1n) is 19.0. The highest BCUT2D eigenvalue weighted by atomic mass is 16.5. The summed E-state index contributed by atoms with van der Waals surface area (Å²) in [5.41, 5.74) is 11.4. The van der Waals surface area contributed by atoms with Gasteiger partial charge in [-0.3, -0.25) is 4.57 Å². The number of aromatic nitrogens is 3. The molecule has 0 fully saturated rings. The molecule has 0 saturated carbocycles. The van der Waals surface area contributed by atoms with Crippen molar-refractivity contribution in [1.82, 2.24) is 14.5 Å². The summed E-state index contributed by atoms with van der Waals surface area (Å²) < 4.78 is 8.84. The number of pyridine rings is 2. The molecule has 0 bridgehead atoms. The summed E-state index contributed by atoms with van der Waals surface area (Å²) in [6, 6.07) is 49.4. The summed E-state index contributed by atoms with van der Waals surface area (Å²) in [5, 5.41) is 2.18. The average molecular weight is 720 g/mol. The van der Waals surface area contributed by atoms with Gasteiger partial charge in [-0.25, -0.2) is 9.97 Å². The predicted molar refractivity (Wildman–Crippen MR) is 228 cm³/mol. The summed E-state index contributed by atoms with van der Waals surface area (Å²) >= 11 is 0. The first-order valence-corrected chi connectivity index (χ1v) is 19.0. The van der Waals surface area contributed by atoms with Crippen LogP contribution in [0.5, 0.6) is 11.5 Å². The zero-order chi connectivity index (χ0) is 37.9. The summed E-state index contributed by atoms with van der Waals surface area (Å²) in [6.45, 7) is 14.2. The summed E-state index contributed by atoms with van der Waals surface area (Å²) in [4.78, 5) is 14.5. The van der Waals surface area contributed by atoms with Gasteiger partial charge in [0.05, 0.1) is 22.6 Å². The van der Waals surface area contributed by atoms with Crippen molar-refractivity contribution in [2.45, 2.75) is 52.4 Å². The van der Waals surface area contributed by atoms with Gasteiger partial charge < -0.3 is 14.5 Å². The van der Waals surface area contributed by atoms with Gasteiger partial charge in [-0.05, 0) is 94.3 Å². The van der Waals surface area contributed by atoms with E-state index in [9.17, 15) is 0 Å². The molecule has 1 aliphatic heterocycles. The Morgan fingerprint density at radius 1 is 0.527 bits per heavy atom. The molecule has 6 heteroatoms. The molecule has 0 atom stereocenters. The Morgan fingerprint density at radius 2 is 1.25 bits per heavy atom. The molecule has 0 radical (unpaired) electrons. The van der Waals surface area contributed by atoms with Crippen LogP contribution in [-0.2, 0) is 10.8 Å². The van der Waals surface area contributed by atoms with Crippen LogP contribution in [0.4, 0.5) is 22.7 Å². The van der Waals surface area contributed by atoms with Crippen molar-refractivity contribution in [1.29, 1.82) is 0 Å². The van der Waals surface area contributed by atoms with Crippen LogP contribution in [0.1, 0.15) is 52.7 Å². The lowest BCUT2D eigenvalue weighted by atomic mass is 9.85. The van der Waals surface area contributed by atoms with Gasteiger partial charge in [-0.1, -0.05) is 102 Å². The molecule has 4 heterocycles. The Balaban J connectivity index is 1.09. The molecule has 0 N–H and O–H groups in total. The number of hydrogen-bond donors (Lipinski definition) is 0. The van der Waals surface area contributed by atoms with Gasteiger partial charge >= 0.3 is 0 Å². The molecule has 0 amide bonds. The number of hydrogen-bond acceptors (Lipinski definition) is 5. The highest BCUT2D eigenvalue weighted by Crippen LogP contribution is 2.48. The highest BCUT2D eigenvalue weighted by molar-refractivity contribution is 6.08. The molecule has 55 heavy (non-hydrogen) atoms. The van der Waals surface area contributed by atoms with E-state index in [1.165, 1.54) is 33.6 Å². The van der Waals surface area contributed by atoms with E-state index in [-0.39, 0.29) is 10.8 Å². The molecule has 1 aliphatic rings. The fourth-order valence-electron chi connectivity index (χ4n) is 7.70. The molecule has 5 aromatic carbocycles. The Hall–Kier alpha value is -6.40. The predicted octanol–water partition coefficient (Wildman–Crippen LogP) is 12.9. The summed E-state index contributed by atoms with van der Waals surface area (Å²) in [7, 11) is 0. The molecule has 6 nitrogen and oxygen atoms in total. The number of rotatable bonds is 6. The molecular formula is C49H45N5O. The van der Waals surface area contributed by atoms with Gasteiger partial charge in [0.25, 0.3) is 0 Å². The number of nitrogens with zero attached hydrogens (tertiary/aromatic N) is 5. The van der Waals surface area contributed by atoms with Gasteiger partial charge in [0.2, 0.25) is 0 Å². The molecular weight excluding hydrogens is 675 g/mol. The standard InChI is InChI=1S/C49H45N5O/c1-48(2,3)34-21-23-39(33-14-8-7-9-15-33)44(28-34)53-32-52(42-19-10-11-20-43(42)53)36-16-12-17-37(30-36)55-38-22-24-40-41-18-13-26-51-47(41)54(45(40)31-38)46-29-35(25-27-50-46)49(4,5)6/h7-31H,32H2,1-6H3. The van der Waals surface area contributed by atoms with Crippen LogP contribution in [0.2, 0.25) is 0 Å². The molecule has 272 valence electrons. The van der Waals surface area contributed by atoms with Gasteiger partial charge in [0.1, 0.15) is 29.6 Å². The largest absolute Gasteiger partial charge is 0.457 e. The fourth-order valence-corrected chi connectivity index (χ4v) is 7.70. The number of para-hydroxylation sites is 2. The molecule has 0 saturated heterocycles. The monoisotopic (exact) mass is 719 g/mol.